The van der Waals surface area contributed by atoms with E-state index in [1.165, 1.54) is 0 Å². The normalized spacial score (nSPS) is 15.2. The van der Waals surface area contributed by atoms with Crippen molar-refractivity contribution in [1.82, 2.24) is 4.98 Å². The molecule has 0 radical (unpaired) electrons. The van der Waals surface area contributed by atoms with Crippen LogP contribution in [0.5, 0.6) is 0 Å². The fourth-order valence-electron chi connectivity index (χ4n) is 4.35. The van der Waals surface area contributed by atoms with E-state index >= 15 is 0 Å². The number of aromatic amines is 1. The van der Waals surface area contributed by atoms with Crippen molar-refractivity contribution in [2.45, 2.75) is 19.0 Å². The third kappa shape index (κ3) is 4.30. The predicted octanol–water partition coefficient (Wildman–Crippen LogP) is 4.92. The van der Waals surface area contributed by atoms with Crippen LogP contribution in [0.3, 0.4) is 0 Å². The Hall–Kier alpha value is -3.77. The summed E-state index contributed by atoms with van der Waals surface area (Å²) in [6.45, 7) is 0.557. The van der Waals surface area contributed by atoms with E-state index in [0.717, 1.165) is 33.4 Å². The van der Waals surface area contributed by atoms with E-state index < -0.39 is 0 Å². The van der Waals surface area contributed by atoms with E-state index in [4.69, 9.17) is 11.6 Å². The topological polar surface area (TPSA) is 77.2 Å². The molecule has 6 nitrogen and oxygen atoms in total. The van der Waals surface area contributed by atoms with Gasteiger partial charge in [0.25, 0.3) is 0 Å². The Morgan fingerprint density at radius 3 is 2.58 bits per heavy atom. The van der Waals surface area contributed by atoms with Gasteiger partial charge in [0.15, 0.2) is 0 Å². The van der Waals surface area contributed by atoms with Gasteiger partial charge in [0, 0.05) is 35.8 Å². The van der Waals surface area contributed by atoms with Crippen LogP contribution in [0.1, 0.15) is 11.1 Å². The summed E-state index contributed by atoms with van der Waals surface area (Å²) in [6, 6.07) is 23.2. The fourth-order valence-corrected chi connectivity index (χ4v) is 4.41. The highest BCUT2D eigenvalue weighted by Crippen LogP contribution is 2.35. The van der Waals surface area contributed by atoms with Crippen LogP contribution in [0, 0.1) is 0 Å². The molecule has 1 aliphatic rings. The van der Waals surface area contributed by atoms with Gasteiger partial charge in [0.1, 0.15) is 11.9 Å². The molecule has 1 aliphatic heterocycles. The Morgan fingerprint density at radius 2 is 1.76 bits per heavy atom. The van der Waals surface area contributed by atoms with Crippen molar-refractivity contribution >= 4 is 51.4 Å². The first-order valence-electron chi connectivity index (χ1n) is 10.8. The van der Waals surface area contributed by atoms with Crippen LogP contribution >= 0.6 is 11.6 Å². The first kappa shape index (κ1) is 21.1. The van der Waals surface area contributed by atoms with Gasteiger partial charge in [-0.15, -0.1) is 11.6 Å². The molecule has 33 heavy (non-hydrogen) atoms. The van der Waals surface area contributed by atoms with E-state index in [-0.39, 0.29) is 23.7 Å². The van der Waals surface area contributed by atoms with Gasteiger partial charge in [0.2, 0.25) is 11.8 Å². The van der Waals surface area contributed by atoms with E-state index in [1.807, 2.05) is 72.9 Å². The number of carbonyl (C=O) groups is 2. The molecule has 0 bridgehead atoms. The smallest absolute Gasteiger partial charge is 0.247 e. The van der Waals surface area contributed by atoms with Crippen LogP contribution in [0.4, 0.5) is 17.1 Å². The number of H-pyrrole nitrogens is 1. The quantitative estimate of drug-likeness (QED) is 0.359. The molecule has 5 rings (SSSR count). The average Bonchev–Trinajstić information content (AvgIpc) is 3.25. The third-order valence-electron chi connectivity index (χ3n) is 5.95. The maximum Gasteiger partial charge on any atom is 0.247 e. The van der Waals surface area contributed by atoms with E-state index in [9.17, 15) is 9.59 Å². The Labute approximate surface area is 196 Å². The Bertz CT molecular complexity index is 1320. The van der Waals surface area contributed by atoms with Crippen molar-refractivity contribution < 1.29 is 9.59 Å². The highest BCUT2D eigenvalue weighted by atomic mass is 35.5. The molecular weight excluding hydrogens is 436 g/mol. The van der Waals surface area contributed by atoms with Crippen molar-refractivity contribution in [1.29, 1.82) is 0 Å². The van der Waals surface area contributed by atoms with Crippen molar-refractivity contribution in [3.63, 3.8) is 0 Å². The van der Waals surface area contributed by atoms with Gasteiger partial charge in [-0.3, -0.25) is 9.59 Å². The number of carbonyl (C=O) groups excluding carboxylic acids is 2. The van der Waals surface area contributed by atoms with Gasteiger partial charge in [-0.25, -0.2) is 0 Å². The molecule has 2 heterocycles. The molecule has 7 heteroatoms. The first-order chi connectivity index (χ1) is 16.1. The zero-order valence-electron chi connectivity index (χ0n) is 17.8. The zero-order chi connectivity index (χ0) is 22.8. The van der Waals surface area contributed by atoms with E-state index in [0.29, 0.717) is 18.7 Å². The lowest BCUT2D eigenvalue weighted by Crippen LogP contribution is -2.49. The number of nitrogens with one attached hydrogen (secondary N) is 3. The summed E-state index contributed by atoms with van der Waals surface area (Å²) < 4.78 is 0. The number of alkyl halides is 1. The molecule has 1 aromatic heterocycles. The number of amides is 2. The number of nitrogens with zero attached hydrogens (tertiary/aromatic N) is 1. The highest BCUT2D eigenvalue weighted by Gasteiger charge is 2.33. The SMILES string of the molecule is O=C(CCl)Nc1ccc(CN2c3ccccc3NC(=O)[C@H]2Cc2c[nH]c3ccccc23)cc1. The van der Waals surface area contributed by atoms with Crippen LogP contribution < -0.4 is 15.5 Å². The minimum Gasteiger partial charge on any atom is -0.361 e. The molecule has 166 valence electrons. The number of hydrogen-bond donors (Lipinski definition) is 3. The van der Waals surface area contributed by atoms with Crippen molar-refractivity contribution in [2.75, 3.05) is 21.4 Å². The maximum atomic E-state index is 13.2. The number of aromatic nitrogens is 1. The van der Waals surface area contributed by atoms with Crippen LogP contribution in [-0.2, 0) is 22.6 Å². The van der Waals surface area contributed by atoms with Crippen molar-refractivity contribution in [2.24, 2.45) is 0 Å². The van der Waals surface area contributed by atoms with Crippen LogP contribution in [0.25, 0.3) is 10.9 Å². The molecule has 4 aromatic rings. The molecule has 0 fully saturated rings. The van der Waals surface area contributed by atoms with Gasteiger partial charge in [0.05, 0.1) is 11.4 Å². The lowest BCUT2D eigenvalue weighted by atomic mass is 9.98. The summed E-state index contributed by atoms with van der Waals surface area (Å²) in [5, 5.41) is 6.95. The van der Waals surface area contributed by atoms with Crippen molar-refractivity contribution in [3.05, 3.63) is 90.1 Å². The second-order valence-electron chi connectivity index (χ2n) is 8.09. The number of rotatable bonds is 6. The van der Waals surface area contributed by atoms with Gasteiger partial charge in [-0.1, -0.05) is 42.5 Å². The minimum absolute atomic E-state index is 0.0232. The highest BCUT2D eigenvalue weighted by molar-refractivity contribution is 6.29. The van der Waals surface area contributed by atoms with Crippen molar-refractivity contribution in [3.8, 4) is 0 Å². The van der Waals surface area contributed by atoms with Crippen LogP contribution in [0.2, 0.25) is 0 Å². The summed E-state index contributed by atoms with van der Waals surface area (Å²) in [7, 11) is 0. The molecule has 2 amide bonds. The molecule has 0 spiro atoms. The molecule has 0 aliphatic carbocycles. The molecule has 0 unspecified atom stereocenters. The lowest BCUT2D eigenvalue weighted by molar-refractivity contribution is -0.117. The third-order valence-corrected chi connectivity index (χ3v) is 6.19. The summed E-state index contributed by atoms with van der Waals surface area (Å²) in [5.74, 6) is -0.355. The molecule has 0 saturated heterocycles. The van der Waals surface area contributed by atoms with Crippen LogP contribution in [-0.4, -0.2) is 28.7 Å². The summed E-state index contributed by atoms with van der Waals surface area (Å²) in [5.41, 5.74) is 5.69. The number of anilines is 3. The minimum atomic E-state index is -0.366. The summed E-state index contributed by atoms with van der Waals surface area (Å²) in [4.78, 5) is 30.2. The zero-order valence-corrected chi connectivity index (χ0v) is 18.6. The fraction of sp³-hybridized carbons (Fsp3) is 0.154. The van der Waals surface area contributed by atoms with Crippen LogP contribution in [0.15, 0.2) is 79.0 Å². The second-order valence-corrected chi connectivity index (χ2v) is 8.36. The number of para-hydroxylation sites is 3. The second kappa shape index (κ2) is 9.00. The standard InChI is InChI=1S/C26H23ClN4O2/c27-14-25(32)29-19-11-9-17(10-12-19)16-31-23-8-4-3-7-22(23)30-26(33)24(31)13-18-15-28-21-6-2-1-5-20(18)21/h1-12,15,24,28H,13-14,16H2,(H,29,32)(H,30,33)/t24-/m1/s1. The van der Waals surface area contributed by atoms with E-state index in [2.05, 4.69) is 26.6 Å². The maximum absolute atomic E-state index is 13.2. The molecular formula is C26H23ClN4O2. The van der Waals surface area contributed by atoms with E-state index in [1.54, 1.807) is 0 Å². The molecule has 1 atom stereocenters. The number of fused-ring (bicyclic) bond motifs is 2. The molecule has 0 saturated carbocycles. The largest absolute Gasteiger partial charge is 0.361 e. The number of hydrogen-bond acceptors (Lipinski definition) is 3. The lowest BCUT2D eigenvalue weighted by Gasteiger charge is -2.38. The average molecular weight is 459 g/mol. The monoisotopic (exact) mass is 458 g/mol. The Morgan fingerprint density at radius 1 is 1.00 bits per heavy atom. The van der Waals surface area contributed by atoms with Gasteiger partial charge >= 0.3 is 0 Å². The van der Waals surface area contributed by atoms with Gasteiger partial charge < -0.3 is 20.5 Å². The molecule has 3 aromatic carbocycles. The number of halogens is 1. The molecule has 3 N–H and O–H groups in total. The summed E-state index contributed by atoms with van der Waals surface area (Å²) in [6.07, 6.45) is 2.57. The number of benzene rings is 3. The Balaban J connectivity index is 1.46. The Kier molecular flexibility index (Phi) is 5.75. The predicted molar refractivity (Wildman–Crippen MR) is 133 cm³/mol. The summed E-state index contributed by atoms with van der Waals surface area (Å²) >= 11 is 5.58. The van der Waals surface area contributed by atoms with Gasteiger partial charge in [-0.2, -0.15) is 0 Å². The first-order valence-corrected chi connectivity index (χ1v) is 11.3. The van der Waals surface area contributed by atoms with Gasteiger partial charge in [-0.05, 0) is 41.5 Å².